The molecule has 0 unspecified atom stereocenters. The number of aromatic nitrogens is 1. The van der Waals surface area contributed by atoms with Crippen LogP contribution in [0.3, 0.4) is 0 Å². The maximum Gasteiger partial charge on any atom is 0.0554 e. The van der Waals surface area contributed by atoms with E-state index in [9.17, 15) is 0 Å². The first kappa shape index (κ1) is 11.6. The third-order valence-corrected chi connectivity index (χ3v) is 4.26. The Morgan fingerprint density at radius 1 is 1.06 bits per heavy atom. The molecule has 0 amide bonds. The third-order valence-electron chi connectivity index (χ3n) is 4.26. The Hall–Kier alpha value is -1.50. The van der Waals surface area contributed by atoms with Gasteiger partial charge in [0.05, 0.1) is 6.04 Å². The van der Waals surface area contributed by atoms with Crippen molar-refractivity contribution in [2.24, 2.45) is 0 Å². The van der Waals surface area contributed by atoms with Crippen molar-refractivity contribution in [1.82, 2.24) is 4.57 Å². The predicted octanol–water partition coefficient (Wildman–Crippen LogP) is 4.28. The van der Waals surface area contributed by atoms with Crippen LogP contribution in [-0.2, 0) is 12.8 Å². The minimum atomic E-state index is 0.451. The van der Waals surface area contributed by atoms with Crippen molar-refractivity contribution in [2.75, 3.05) is 0 Å². The molecule has 1 aliphatic rings. The average Bonchev–Trinajstić information content (AvgIpc) is 2.77. The number of rotatable bonds is 2. The summed E-state index contributed by atoms with van der Waals surface area (Å²) < 4.78 is 2.50. The van der Waals surface area contributed by atoms with Gasteiger partial charge < -0.3 is 4.57 Å². The number of benzene rings is 1. The van der Waals surface area contributed by atoms with Crippen LogP contribution in [0.2, 0.25) is 0 Å². The van der Waals surface area contributed by atoms with E-state index in [1.165, 1.54) is 36.8 Å². The van der Waals surface area contributed by atoms with Crippen LogP contribution >= 0.6 is 0 Å². The van der Waals surface area contributed by atoms with E-state index in [4.69, 9.17) is 0 Å². The van der Waals surface area contributed by atoms with Gasteiger partial charge in [0.1, 0.15) is 0 Å². The molecule has 0 saturated heterocycles. The molecule has 1 heteroatoms. The molecule has 1 aliphatic carbocycles. The van der Waals surface area contributed by atoms with E-state index < -0.39 is 0 Å². The fourth-order valence-electron chi connectivity index (χ4n) is 3.20. The Balaban J connectivity index is 2.02. The SMILES string of the molecule is Cc1cn([C@H](C)c2ccccc2)c2c1CCCC2. The van der Waals surface area contributed by atoms with Gasteiger partial charge in [-0.3, -0.25) is 0 Å². The van der Waals surface area contributed by atoms with Crippen LogP contribution in [0.5, 0.6) is 0 Å². The lowest BCUT2D eigenvalue weighted by molar-refractivity contribution is 0.572. The minimum absolute atomic E-state index is 0.451. The molecule has 0 bridgehead atoms. The number of hydrogen-bond donors (Lipinski definition) is 0. The maximum absolute atomic E-state index is 2.50. The summed E-state index contributed by atoms with van der Waals surface area (Å²) in [6.07, 6.45) is 7.58. The Bertz CT molecular complexity index is 536. The van der Waals surface area contributed by atoms with Gasteiger partial charge in [-0.15, -0.1) is 0 Å². The van der Waals surface area contributed by atoms with Crippen molar-refractivity contribution >= 4 is 0 Å². The topological polar surface area (TPSA) is 4.93 Å². The monoisotopic (exact) mass is 239 g/mol. The molecule has 3 rings (SSSR count). The van der Waals surface area contributed by atoms with Gasteiger partial charge in [0, 0.05) is 11.9 Å². The number of hydrogen-bond acceptors (Lipinski definition) is 0. The van der Waals surface area contributed by atoms with Gasteiger partial charge in [-0.1, -0.05) is 30.3 Å². The smallest absolute Gasteiger partial charge is 0.0554 e. The molecule has 1 atom stereocenters. The second kappa shape index (κ2) is 4.64. The molecule has 94 valence electrons. The van der Waals surface area contributed by atoms with E-state index in [1.54, 1.807) is 11.3 Å². The molecular weight excluding hydrogens is 218 g/mol. The molecule has 0 fully saturated rings. The molecule has 1 heterocycles. The fraction of sp³-hybridized carbons (Fsp3) is 0.412. The Kier molecular flexibility index (Phi) is 2.99. The molecule has 18 heavy (non-hydrogen) atoms. The third kappa shape index (κ3) is 1.88. The summed E-state index contributed by atoms with van der Waals surface area (Å²) in [6, 6.07) is 11.3. The summed E-state index contributed by atoms with van der Waals surface area (Å²) >= 11 is 0. The first-order valence-corrected chi connectivity index (χ1v) is 7.01. The molecule has 0 spiro atoms. The summed E-state index contributed by atoms with van der Waals surface area (Å²) in [7, 11) is 0. The lowest BCUT2D eigenvalue weighted by Gasteiger charge is -2.21. The number of aryl methyl sites for hydroxylation is 1. The summed E-state index contributed by atoms with van der Waals surface area (Å²) in [5.74, 6) is 0. The van der Waals surface area contributed by atoms with E-state index in [0.29, 0.717) is 6.04 Å². The predicted molar refractivity (Wildman–Crippen MR) is 76.1 cm³/mol. The lowest BCUT2D eigenvalue weighted by Crippen LogP contribution is -2.12. The molecule has 0 N–H and O–H groups in total. The molecular formula is C17H21N. The molecule has 1 aromatic carbocycles. The van der Waals surface area contributed by atoms with Gasteiger partial charge in [0.25, 0.3) is 0 Å². The van der Waals surface area contributed by atoms with Crippen LogP contribution in [0.4, 0.5) is 0 Å². The first-order chi connectivity index (χ1) is 8.77. The van der Waals surface area contributed by atoms with E-state index in [1.807, 2.05) is 0 Å². The van der Waals surface area contributed by atoms with E-state index >= 15 is 0 Å². The Morgan fingerprint density at radius 2 is 1.78 bits per heavy atom. The normalized spacial score (nSPS) is 16.3. The molecule has 2 aromatic rings. The summed E-state index contributed by atoms with van der Waals surface area (Å²) in [6.45, 7) is 4.57. The van der Waals surface area contributed by atoms with E-state index in [-0.39, 0.29) is 0 Å². The van der Waals surface area contributed by atoms with Gasteiger partial charge in [-0.2, -0.15) is 0 Å². The van der Waals surface area contributed by atoms with Gasteiger partial charge in [-0.25, -0.2) is 0 Å². The van der Waals surface area contributed by atoms with Gasteiger partial charge in [0.2, 0.25) is 0 Å². The zero-order chi connectivity index (χ0) is 12.5. The summed E-state index contributed by atoms with van der Waals surface area (Å²) in [4.78, 5) is 0. The van der Waals surface area contributed by atoms with E-state index in [0.717, 1.165) is 0 Å². The van der Waals surface area contributed by atoms with Crippen LogP contribution < -0.4 is 0 Å². The van der Waals surface area contributed by atoms with Crippen molar-refractivity contribution in [3.8, 4) is 0 Å². The van der Waals surface area contributed by atoms with Crippen molar-refractivity contribution in [2.45, 2.75) is 45.6 Å². The molecule has 0 saturated carbocycles. The van der Waals surface area contributed by atoms with Crippen LogP contribution in [0, 0.1) is 6.92 Å². The highest BCUT2D eigenvalue weighted by molar-refractivity contribution is 5.35. The number of nitrogens with zero attached hydrogens (tertiary/aromatic N) is 1. The Morgan fingerprint density at radius 3 is 2.56 bits per heavy atom. The summed E-state index contributed by atoms with van der Waals surface area (Å²) in [5.41, 5.74) is 6.08. The zero-order valence-corrected chi connectivity index (χ0v) is 11.3. The Labute approximate surface area is 109 Å². The standard InChI is InChI=1S/C17H21N/c1-13-12-18(17-11-7-6-10-16(13)17)14(2)15-8-4-3-5-9-15/h3-5,8-9,12,14H,6-7,10-11H2,1-2H3/t14-/m1/s1. The lowest BCUT2D eigenvalue weighted by atomic mass is 9.95. The number of fused-ring (bicyclic) bond motifs is 1. The van der Waals surface area contributed by atoms with Gasteiger partial charge in [-0.05, 0) is 56.2 Å². The van der Waals surface area contributed by atoms with Gasteiger partial charge >= 0.3 is 0 Å². The zero-order valence-electron chi connectivity index (χ0n) is 11.3. The average molecular weight is 239 g/mol. The van der Waals surface area contributed by atoms with Crippen LogP contribution in [0.1, 0.15) is 48.2 Å². The minimum Gasteiger partial charge on any atom is -0.344 e. The highest BCUT2D eigenvalue weighted by Gasteiger charge is 2.20. The van der Waals surface area contributed by atoms with E-state index in [2.05, 4.69) is 54.9 Å². The van der Waals surface area contributed by atoms with Crippen LogP contribution in [-0.4, -0.2) is 4.57 Å². The largest absolute Gasteiger partial charge is 0.344 e. The first-order valence-electron chi connectivity index (χ1n) is 7.01. The van der Waals surface area contributed by atoms with Crippen molar-refractivity contribution < 1.29 is 0 Å². The maximum atomic E-state index is 2.50. The van der Waals surface area contributed by atoms with Crippen LogP contribution in [0.15, 0.2) is 36.5 Å². The second-order valence-electron chi connectivity index (χ2n) is 5.44. The molecule has 0 radical (unpaired) electrons. The van der Waals surface area contributed by atoms with Crippen molar-refractivity contribution in [3.63, 3.8) is 0 Å². The van der Waals surface area contributed by atoms with Crippen LogP contribution in [0.25, 0.3) is 0 Å². The fourth-order valence-corrected chi connectivity index (χ4v) is 3.20. The molecule has 1 aromatic heterocycles. The molecule has 0 aliphatic heterocycles. The molecule has 1 nitrogen and oxygen atoms in total. The van der Waals surface area contributed by atoms with Gasteiger partial charge in [0.15, 0.2) is 0 Å². The summed E-state index contributed by atoms with van der Waals surface area (Å²) in [5, 5.41) is 0. The highest BCUT2D eigenvalue weighted by Crippen LogP contribution is 2.30. The van der Waals surface area contributed by atoms with Crippen molar-refractivity contribution in [1.29, 1.82) is 0 Å². The highest BCUT2D eigenvalue weighted by atomic mass is 15.0. The van der Waals surface area contributed by atoms with Crippen molar-refractivity contribution in [3.05, 3.63) is 58.9 Å². The second-order valence-corrected chi connectivity index (χ2v) is 5.44. The quantitative estimate of drug-likeness (QED) is 0.737.